The first-order valence-corrected chi connectivity index (χ1v) is 8.62. The molecule has 3 aromatic rings. The summed E-state index contributed by atoms with van der Waals surface area (Å²) in [5, 5.41) is 4.17. The normalized spacial score (nSPS) is 11.5. The Morgan fingerprint density at radius 2 is 2.00 bits per heavy atom. The summed E-state index contributed by atoms with van der Waals surface area (Å²) in [5.41, 5.74) is 0.406. The first kappa shape index (κ1) is 19.9. The van der Waals surface area contributed by atoms with Gasteiger partial charge in [-0.15, -0.1) is 0 Å². The van der Waals surface area contributed by atoms with Crippen LogP contribution in [0.5, 0.6) is 0 Å². The van der Waals surface area contributed by atoms with Gasteiger partial charge in [0.05, 0.1) is 12.1 Å². The van der Waals surface area contributed by atoms with Gasteiger partial charge in [0.2, 0.25) is 0 Å². The van der Waals surface area contributed by atoms with E-state index in [0.717, 1.165) is 12.1 Å². The van der Waals surface area contributed by atoms with E-state index in [1.54, 1.807) is 38.5 Å². The number of carbonyl (C=O) groups is 1. The van der Waals surface area contributed by atoms with Crippen LogP contribution in [0, 0.1) is 6.92 Å². The standard InChI is InChI=1S/C19H16ClF3N4O/c1-12-10-24-5-3-16(12)18(28)27(17-4-6-26(2)25-17)11-13-7-14(19(21,22)23)9-15(20)8-13/h3-10H,11H2,1-2H3. The van der Waals surface area contributed by atoms with Gasteiger partial charge in [-0.2, -0.15) is 18.3 Å². The zero-order chi connectivity index (χ0) is 20.5. The van der Waals surface area contributed by atoms with Crippen LogP contribution in [0.25, 0.3) is 0 Å². The first-order valence-electron chi connectivity index (χ1n) is 8.24. The lowest BCUT2D eigenvalue weighted by molar-refractivity contribution is -0.137. The summed E-state index contributed by atoms with van der Waals surface area (Å²) in [7, 11) is 1.69. The van der Waals surface area contributed by atoms with Crippen LogP contribution < -0.4 is 4.90 Å². The van der Waals surface area contributed by atoms with Gasteiger partial charge in [-0.3, -0.25) is 19.4 Å². The van der Waals surface area contributed by atoms with Crippen molar-refractivity contribution in [2.45, 2.75) is 19.6 Å². The van der Waals surface area contributed by atoms with Crippen molar-refractivity contribution in [1.82, 2.24) is 14.8 Å². The van der Waals surface area contributed by atoms with E-state index in [0.29, 0.717) is 16.9 Å². The summed E-state index contributed by atoms with van der Waals surface area (Å²) in [6.45, 7) is 1.61. The van der Waals surface area contributed by atoms with E-state index in [1.165, 1.54) is 21.8 Å². The van der Waals surface area contributed by atoms with Gasteiger partial charge in [0.15, 0.2) is 5.82 Å². The number of alkyl halides is 3. The van der Waals surface area contributed by atoms with Gasteiger partial charge in [-0.05, 0) is 42.3 Å². The Labute approximate surface area is 164 Å². The molecule has 3 rings (SSSR count). The monoisotopic (exact) mass is 408 g/mol. The maximum absolute atomic E-state index is 13.1. The molecule has 1 amide bonds. The molecule has 0 spiro atoms. The van der Waals surface area contributed by atoms with E-state index < -0.39 is 17.6 Å². The highest BCUT2D eigenvalue weighted by molar-refractivity contribution is 6.30. The van der Waals surface area contributed by atoms with Gasteiger partial charge in [0.1, 0.15) is 0 Å². The molecule has 0 aliphatic heterocycles. The number of nitrogens with zero attached hydrogens (tertiary/aromatic N) is 4. The molecule has 0 saturated carbocycles. The molecule has 0 bridgehead atoms. The largest absolute Gasteiger partial charge is 0.416 e. The number of hydrogen-bond donors (Lipinski definition) is 0. The third kappa shape index (κ3) is 4.33. The van der Waals surface area contributed by atoms with Crippen molar-refractivity contribution < 1.29 is 18.0 Å². The molecule has 0 atom stereocenters. The molecule has 0 radical (unpaired) electrons. The Morgan fingerprint density at radius 3 is 2.61 bits per heavy atom. The van der Waals surface area contributed by atoms with Crippen LogP contribution in [0.1, 0.15) is 27.0 Å². The van der Waals surface area contributed by atoms with Crippen LogP contribution in [-0.4, -0.2) is 20.7 Å². The van der Waals surface area contributed by atoms with Crippen LogP contribution in [0.4, 0.5) is 19.0 Å². The second-order valence-electron chi connectivity index (χ2n) is 6.28. The molecule has 0 N–H and O–H groups in total. The van der Waals surface area contributed by atoms with Gasteiger partial charge < -0.3 is 0 Å². The Morgan fingerprint density at radius 1 is 1.25 bits per heavy atom. The minimum atomic E-state index is -4.54. The van der Waals surface area contributed by atoms with Gasteiger partial charge >= 0.3 is 6.18 Å². The molecule has 0 saturated heterocycles. The van der Waals surface area contributed by atoms with E-state index in [1.807, 2.05) is 0 Å². The summed E-state index contributed by atoms with van der Waals surface area (Å²) in [6, 6.07) is 6.41. The molecule has 5 nitrogen and oxygen atoms in total. The van der Waals surface area contributed by atoms with Crippen LogP contribution in [0.2, 0.25) is 5.02 Å². The minimum Gasteiger partial charge on any atom is -0.287 e. The van der Waals surface area contributed by atoms with Crippen molar-refractivity contribution in [2.24, 2.45) is 7.05 Å². The molecular formula is C19H16ClF3N4O. The number of aromatic nitrogens is 3. The predicted molar refractivity (Wildman–Crippen MR) is 99.1 cm³/mol. The highest BCUT2D eigenvalue weighted by Gasteiger charge is 2.31. The Balaban J connectivity index is 2.03. The average molecular weight is 409 g/mol. The molecule has 1 aromatic carbocycles. The number of pyridine rings is 1. The molecule has 0 aliphatic rings. The summed E-state index contributed by atoms with van der Waals surface area (Å²) < 4.78 is 40.9. The summed E-state index contributed by atoms with van der Waals surface area (Å²) in [6.07, 6.45) is 0.137. The number of anilines is 1. The SMILES string of the molecule is Cc1cnccc1C(=O)N(Cc1cc(Cl)cc(C(F)(F)F)c1)c1ccn(C)n1. The van der Waals surface area contributed by atoms with Crippen molar-refractivity contribution in [3.05, 3.63) is 76.2 Å². The zero-order valence-electron chi connectivity index (χ0n) is 15.0. The molecule has 0 aliphatic carbocycles. The lowest BCUT2D eigenvalue weighted by atomic mass is 10.1. The maximum atomic E-state index is 13.1. The van der Waals surface area contributed by atoms with E-state index in [9.17, 15) is 18.0 Å². The third-order valence-electron chi connectivity index (χ3n) is 4.10. The third-order valence-corrected chi connectivity index (χ3v) is 4.32. The number of amides is 1. The van der Waals surface area contributed by atoms with Gasteiger partial charge in [0.25, 0.3) is 5.91 Å². The summed E-state index contributed by atoms with van der Waals surface area (Å²) in [4.78, 5) is 18.4. The van der Waals surface area contributed by atoms with E-state index in [-0.39, 0.29) is 17.1 Å². The number of halogens is 4. The number of rotatable bonds is 4. The molecule has 2 aromatic heterocycles. The quantitative estimate of drug-likeness (QED) is 0.631. The van der Waals surface area contributed by atoms with Crippen molar-refractivity contribution in [2.75, 3.05) is 4.90 Å². The van der Waals surface area contributed by atoms with E-state index in [2.05, 4.69) is 10.1 Å². The Bertz CT molecular complexity index is 1020. The fraction of sp³-hybridized carbons (Fsp3) is 0.211. The molecule has 0 fully saturated rings. The number of benzene rings is 1. The average Bonchev–Trinajstić information content (AvgIpc) is 3.04. The minimum absolute atomic E-state index is 0.0571. The molecule has 2 heterocycles. The van der Waals surface area contributed by atoms with Crippen LogP contribution in [-0.2, 0) is 19.8 Å². The highest BCUT2D eigenvalue weighted by Crippen LogP contribution is 2.32. The Kier molecular flexibility index (Phi) is 5.42. The lowest BCUT2D eigenvalue weighted by Crippen LogP contribution is -2.31. The predicted octanol–water partition coefficient (Wildman–Crippen LogP) is 4.64. The lowest BCUT2D eigenvalue weighted by Gasteiger charge is -2.22. The second kappa shape index (κ2) is 7.63. The fourth-order valence-corrected chi connectivity index (χ4v) is 3.01. The topological polar surface area (TPSA) is 51.0 Å². The van der Waals surface area contributed by atoms with Crippen molar-refractivity contribution in [1.29, 1.82) is 0 Å². The number of aryl methyl sites for hydroxylation is 2. The maximum Gasteiger partial charge on any atom is 0.416 e. The zero-order valence-corrected chi connectivity index (χ0v) is 15.8. The van der Waals surface area contributed by atoms with Crippen molar-refractivity contribution >= 4 is 23.3 Å². The van der Waals surface area contributed by atoms with Gasteiger partial charge in [0, 0.05) is 42.3 Å². The second-order valence-corrected chi connectivity index (χ2v) is 6.71. The number of carbonyl (C=O) groups excluding carboxylic acids is 1. The van der Waals surface area contributed by atoms with Crippen molar-refractivity contribution in [3.8, 4) is 0 Å². The first-order chi connectivity index (χ1) is 13.1. The highest BCUT2D eigenvalue weighted by atomic mass is 35.5. The molecular weight excluding hydrogens is 393 g/mol. The summed E-state index contributed by atoms with van der Waals surface area (Å²) in [5.74, 6) is -0.0793. The summed E-state index contributed by atoms with van der Waals surface area (Å²) >= 11 is 5.88. The molecule has 146 valence electrons. The molecule has 0 unspecified atom stereocenters. The Hall–Kier alpha value is -2.87. The van der Waals surface area contributed by atoms with Crippen LogP contribution in [0.15, 0.2) is 48.9 Å². The van der Waals surface area contributed by atoms with Crippen molar-refractivity contribution in [3.63, 3.8) is 0 Å². The number of hydrogen-bond acceptors (Lipinski definition) is 3. The van der Waals surface area contributed by atoms with E-state index in [4.69, 9.17) is 11.6 Å². The molecule has 9 heteroatoms. The van der Waals surface area contributed by atoms with Crippen LogP contribution >= 0.6 is 11.6 Å². The van der Waals surface area contributed by atoms with Gasteiger partial charge in [-0.1, -0.05) is 11.6 Å². The molecule has 28 heavy (non-hydrogen) atoms. The van der Waals surface area contributed by atoms with Gasteiger partial charge in [-0.25, -0.2) is 0 Å². The van der Waals surface area contributed by atoms with Crippen LogP contribution in [0.3, 0.4) is 0 Å². The smallest absolute Gasteiger partial charge is 0.287 e. The fourth-order valence-electron chi connectivity index (χ4n) is 2.75. The van der Waals surface area contributed by atoms with E-state index >= 15 is 0 Å².